The third-order valence-electron chi connectivity index (χ3n) is 0.934. The van der Waals surface area contributed by atoms with E-state index in [2.05, 4.69) is 4.98 Å². The first-order valence-electron chi connectivity index (χ1n) is 2.41. The summed E-state index contributed by atoms with van der Waals surface area (Å²) in [5.74, 6) is 3.69. The number of nitrogen functional groups attached to an aromatic ring is 2. The molecule has 0 saturated heterocycles. The average molecular weight is 144 g/mol. The Kier molecular flexibility index (Phi) is 1.29. The molecule has 0 unspecified atom stereocenters. The van der Waals surface area contributed by atoms with Crippen LogP contribution < -0.4 is 17.3 Å². The van der Waals surface area contributed by atoms with Gasteiger partial charge in [-0.2, -0.15) is 4.98 Å². The fraction of sp³-hybridized carbons (Fsp3) is 0. The largest absolute Gasteiger partial charge is 0.381 e. The molecule has 1 aromatic rings. The minimum absolute atomic E-state index is 0.438. The summed E-state index contributed by atoms with van der Waals surface area (Å²) in [5.41, 5.74) is 4.16. The zero-order chi connectivity index (χ0) is 7.72. The maximum Gasteiger partial charge on any atom is 0.368 e. The Labute approximate surface area is 55.1 Å². The monoisotopic (exact) mass is 144 g/mol. The van der Waals surface area contributed by atoms with Gasteiger partial charge in [0.05, 0.1) is 6.20 Å². The van der Waals surface area contributed by atoms with Crippen LogP contribution >= 0.6 is 0 Å². The molecule has 0 aliphatic rings. The molecule has 0 aliphatic carbocycles. The number of rotatable bonds is 0. The fourth-order valence-corrected chi connectivity index (χ4v) is 0.458. The Balaban J connectivity index is 3.43. The number of halogens is 1. The first-order chi connectivity index (χ1) is 4.61. The molecular formula is C4H5FN4O. The number of nitrogens with two attached hydrogens (primary N) is 2. The molecule has 0 saturated carbocycles. The lowest BCUT2D eigenvalue weighted by atomic mass is 10.6. The Hall–Kier alpha value is -1.59. The van der Waals surface area contributed by atoms with Crippen LogP contribution in [0.1, 0.15) is 0 Å². The van der Waals surface area contributed by atoms with Crippen molar-refractivity contribution in [1.29, 1.82) is 0 Å². The SMILES string of the molecule is Nc1nc(=O)n(N)cc1F. The van der Waals surface area contributed by atoms with Gasteiger partial charge in [0.25, 0.3) is 0 Å². The van der Waals surface area contributed by atoms with E-state index in [1.165, 1.54) is 0 Å². The van der Waals surface area contributed by atoms with Crippen LogP contribution in [0.4, 0.5) is 10.2 Å². The van der Waals surface area contributed by atoms with Crippen molar-refractivity contribution in [3.63, 3.8) is 0 Å². The summed E-state index contributed by atoms with van der Waals surface area (Å²) in [4.78, 5) is 13.5. The van der Waals surface area contributed by atoms with Crippen LogP contribution in [0.25, 0.3) is 0 Å². The van der Waals surface area contributed by atoms with Crippen molar-refractivity contribution in [2.24, 2.45) is 0 Å². The molecule has 10 heavy (non-hydrogen) atoms. The normalized spacial score (nSPS) is 9.70. The van der Waals surface area contributed by atoms with Gasteiger partial charge in [-0.05, 0) is 0 Å². The third-order valence-corrected chi connectivity index (χ3v) is 0.934. The number of nitrogens with zero attached hydrogens (tertiary/aromatic N) is 2. The van der Waals surface area contributed by atoms with Crippen LogP contribution in [0.5, 0.6) is 0 Å². The van der Waals surface area contributed by atoms with E-state index in [0.29, 0.717) is 4.68 Å². The van der Waals surface area contributed by atoms with Crippen LogP contribution in [0, 0.1) is 5.82 Å². The van der Waals surface area contributed by atoms with E-state index in [9.17, 15) is 9.18 Å². The van der Waals surface area contributed by atoms with Crippen molar-refractivity contribution in [3.8, 4) is 0 Å². The van der Waals surface area contributed by atoms with Crippen molar-refractivity contribution < 1.29 is 4.39 Å². The molecule has 1 heterocycles. The molecule has 6 heteroatoms. The molecule has 0 aliphatic heterocycles. The smallest absolute Gasteiger partial charge is 0.368 e. The summed E-state index contributed by atoms with van der Waals surface area (Å²) >= 11 is 0. The van der Waals surface area contributed by atoms with E-state index in [-0.39, 0.29) is 0 Å². The maximum atomic E-state index is 12.3. The highest BCUT2D eigenvalue weighted by Gasteiger charge is 2.00. The highest BCUT2D eigenvalue weighted by molar-refractivity contribution is 5.26. The molecule has 0 atom stereocenters. The van der Waals surface area contributed by atoms with Crippen LogP contribution in [0.3, 0.4) is 0 Å². The van der Waals surface area contributed by atoms with Gasteiger partial charge in [-0.25, -0.2) is 13.9 Å². The van der Waals surface area contributed by atoms with Crippen molar-refractivity contribution >= 4 is 5.82 Å². The van der Waals surface area contributed by atoms with Crippen molar-refractivity contribution in [1.82, 2.24) is 9.66 Å². The quantitative estimate of drug-likeness (QED) is 0.442. The third kappa shape index (κ3) is 0.903. The van der Waals surface area contributed by atoms with Crippen molar-refractivity contribution in [3.05, 3.63) is 22.5 Å². The maximum absolute atomic E-state index is 12.3. The lowest BCUT2D eigenvalue weighted by Crippen LogP contribution is -2.30. The predicted octanol–water partition coefficient (Wildman–Crippen LogP) is -1.32. The van der Waals surface area contributed by atoms with Crippen LogP contribution in [0.2, 0.25) is 0 Å². The fourth-order valence-electron chi connectivity index (χ4n) is 0.458. The molecule has 0 bridgehead atoms. The second kappa shape index (κ2) is 1.98. The van der Waals surface area contributed by atoms with E-state index in [4.69, 9.17) is 11.6 Å². The first kappa shape index (κ1) is 6.53. The van der Waals surface area contributed by atoms with E-state index < -0.39 is 17.3 Å². The Morgan fingerprint density at radius 1 is 1.70 bits per heavy atom. The lowest BCUT2D eigenvalue weighted by Gasteiger charge is -1.96. The van der Waals surface area contributed by atoms with Crippen LogP contribution in [0.15, 0.2) is 11.0 Å². The van der Waals surface area contributed by atoms with E-state index >= 15 is 0 Å². The molecule has 54 valence electrons. The summed E-state index contributed by atoms with van der Waals surface area (Å²) in [6.07, 6.45) is 0.769. The van der Waals surface area contributed by atoms with Gasteiger partial charge in [-0.1, -0.05) is 0 Å². The summed E-state index contributed by atoms with van der Waals surface area (Å²) in [7, 11) is 0. The molecular weight excluding hydrogens is 139 g/mol. The Morgan fingerprint density at radius 2 is 2.30 bits per heavy atom. The van der Waals surface area contributed by atoms with Gasteiger partial charge in [0.1, 0.15) is 0 Å². The highest BCUT2D eigenvalue weighted by Crippen LogP contribution is 1.98. The molecule has 0 radical (unpaired) electrons. The highest BCUT2D eigenvalue weighted by atomic mass is 19.1. The molecule has 0 fully saturated rings. The van der Waals surface area contributed by atoms with E-state index in [1.807, 2.05) is 0 Å². The molecule has 1 rings (SSSR count). The lowest BCUT2D eigenvalue weighted by molar-refractivity contribution is 0.603. The van der Waals surface area contributed by atoms with Gasteiger partial charge in [0.15, 0.2) is 11.6 Å². The summed E-state index contributed by atoms with van der Waals surface area (Å²) in [6.45, 7) is 0. The second-order valence-corrected chi connectivity index (χ2v) is 1.66. The molecule has 4 N–H and O–H groups in total. The number of aromatic nitrogens is 2. The van der Waals surface area contributed by atoms with Gasteiger partial charge in [-0.15, -0.1) is 0 Å². The van der Waals surface area contributed by atoms with E-state index in [0.717, 1.165) is 6.20 Å². The number of hydrogen-bond donors (Lipinski definition) is 2. The average Bonchev–Trinajstić information content (AvgIpc) is 1.84. The predicted molar refractivity (Wildman–Crippen MR) is 33.0 cm³/mol. The van der Waals surface area contributed by atoms with Gasteiger partial charge in [-0.3, -0.25) is 0 Å². The second-order valence-electron chi connectivity index (χ2n) is 1.66. The zero-order valence-electron chi connectivity index (χ0n) is 4.91. The molecule has 5 nitrogen and oxygen atoms in total. The van der Waals surface area contributed by atoms with Crippen molar-refractivity contribution in [2.45, 2.75) is 0 Å². The topological polar surface area (TPSA) is 86.9 Å². The minimum Gasteiger partial charge on any atom is -0.381 e. The molecule has 0 spiro atoms. The molecule has 1 aromatic heterocycles. The van der Waals surface area contributed by atoms with Crippen molar-refractivity contribution in [2.75, 3.05) is 11.6 Å². The Morgan fingerprint density at radius 3 is 2.80 bits per heavy atom. The standard InChI is InChI=1S/C4H5FN4O/c5-2-1-9(7)4(10)8-3(2)6/h1H,7H2,(H2,6,8,10). The Bertz CT molecular complexity index is 307. The molecule has 0 amide bonds. The van der Waals surface area contributed by atoms with Gasteiger partial charge < -0.3 is 11.6 Å². The van der Waals surface area contributed by atoms with Crippen LogP contribution in [-0.2, 0) is 0 Å². The zero-order valence-corrected chi connectivity index (χ0v) is 4.91. The van der Waals surface area contributed by atoms with Gasteiger partial charge in [0, 0.05) is 0 Å². The number of anilines is 1. The first-order valence-corrected chi connectivity index (χ1v) is 2.41. The van der Waals surface area contributed by atoms with Gasteiger partial charge in [0.2, 0.25) is 0 Å². The van der Waals surface area contributed by atoms with E-state index in [1.54, 1.807) is 0 Å². The summed E-state index contributed by atoms with van der Waals surface area (Å²) in [5, 5.41) is 0. The van der Waals surface area contributed by atoms with Gasteiger partial charge >= 0.3 is 5.69 Å². The summed E-state index contributed by atoms with van der Waals surface area (Å²) < 4.78 is 12.9. The number of hydrogen-bond acceptors (Lipinski definition) is 4. The summed E-state index contributed by atoms with van der Waals surface area (Å²) in [6, 6.07) is 0. The molecule has 0 aromatic carbocycles. The minimum atomic E-state index is -0.804. The van der Waals surface area contributed by atoms with Crippen LogP contribution in [-0.4, -0.2) is 9.66 Å².